The zero-order valence-corrected chi connectivity index (χ0v) is 14.6. The Balaban J connectivity index is 1.94. The molecule has 5 nitrogen and oxygen atoms in total. The van der Waals surface area contributed by atoms with E-state index in [9.17, 15) is 4.79 Å². The number of nitrogens with zero attached hydrogens (tertiary/aromatic N) is 1. The van der Waals surface area contributed by atoms with Crippen molar-refractivity contribution in [2.75, 3.05) is 6.61 Å². The second-order valence-electron chi connectivity index (χ2n) is 5.96. The van der Waals surface area contributed by atoms with E-state index in [2.05, 4.69) is 9.97 Å². The SMILES string of the molecule is CCOC(=O)c1ncc2[nH]c3cccc(Oc4ccccc4)c3c2c1C. The average molecular weight is 346 g/mol. The number of rotatable bonds is 4. The predicted octanol–water partition coefficient (Wildman–Crippen LogP) is 4.99. The number of esters is 1. The van der Waals surface area contributed by atoms with Crippen LogP contribution in [-0.2, 0) is 4.74 Å². The number of fused-ring (bicyclic) bond motifs is 3. The first kappa shape index (κ1) is 16.1. The van der Waals surface area contributed by atoms with Crippen molar-refractivity contribution in [3.05, 3.63) is 66.0 Å². The number of ether oxygens (including phenoxy) is 2. The molecule has 0 amide bonds. The van der Waals surface area contributed by atoms with Gasteiger partial charge in [0.25, 0.3) is 0 Å². The first-order valence-electron chi connectivity index (χ1n) is 8.49. The number of pyridine rings is 1. The Morgan fingerprint density at radius 2 is 1.85 bits per heavy atom. The first-order valence-corrected chi connectivity index (χ1v) is 8.49. The van der Waals surface area contributed by atoms with E-state index in [4.69, 9.17) is 9.47 Å². The van der Waals surface area contributed by atoms with E-state index < -0.39 is 5.97 Å². The molecule has 0 unspecified atom stereocenters. The van der Waals surface area contributed by atoms with E-state index in [1.165, 1.54) is 0 Å². The van der Waals surface area contributed by atoms with E-state index in [0.29, 0.717) is 12.3 Å². The third-order valence-corrected chi connectivity index (χ3v) is 4.31. The first-order chi connectivity index (χ1) is 12.7. The van der Waals surface area contributed by atoms with Crippen molar-refractivity contribution < 1.29 is 14.3 Å². The molecule has 0 aliphatic heterocycles. The van der Waals surface area contributed by atoms with Crippen LogP contribution < -0.4 is 4.74 Å². The summed E-state index contributed by atoms with van der Waals surface area (Å²) in [4.78, 5) is 19.9. The van der Waals surface area contributed by atoms with Crippen LogP contribution in [0.1, 0.15) is 23.0 Å². The highest BCUT2D eigenvalue weighted by molar-refractivity contribution is 6.13. The summed E-state index contributed by atoms with van der Waals surface area (Å²) in [6.45, 7) is 3.98. The van der Waals surface area contributed by atoms with Gasteiger partial charge in [-0.3, -0.25) is 0 Å². The van der Waals surface area contributed by atoms with Gasteiger partial charge in [-0.2, -0.15) is 0 Å². The highest BCUT2D eigenvalue weighted by atomic mass is 16.5. The Bertz CT molecular complexity index is 1100. The number of carbonyl (C=O) groups excluding carboxylic acids is 1. The molecule has 0 aliphatic carbocycles. The summed E-state index contributed by atoms with van der Waals surface area (Å²) in [7, 11) is 0. The van der Waals surface area contributed by atoms with Crippen molar-refractivity contribution in [3.63, 3.8) is 0 Å². The maximum Gasteiger partial charge on any atom is 0.357 e. The molecule has 0 aliphatic rings. The fraction of sp³-hybridized carbons (Fsp3) is 0.143. The van der Waals surface area contributed by atoms with Crippen LogP contribution in [0.2, 0.25) is 0 Å². The summed E-state index contributed by atoms with van der Waals surface area (Å²) < 4.78 is 11.2. The molecule has 4 rings (SSSR count). The van der Waals surface area contributed by atoms with E-state index >= 15 is 0 Å². The van der Waals surface area contributed by atoms with Crippen LogP contribution in [0.4, 0.5) is 0 Å². The van der Waals surface area contributed by atoms with Gasteiger partial charge in [0, 0.05) is 5.39 Å². The molecule has 5 heteroatoms. The standard InChI is InChI=1S/C21H18N2O3/c1-3-25-21(24)20-13(2)18-16(12-22-20)23-15-10-7-11-17(19(15)18)26-14-8-5-4-6-9-14/h4-12,23H,3H2,1-2H3. The molecular weight excluding hydrogens is 328 g/mol. The number of aromatic nitrogens is 2. The van der Waals surface area contributed by atoms with Gasteiger partial charge in [0.2, 0.25) is 0 Å². The number of H-pyrrole nitrogens is 1. The summed E-state index contributed by atoms with van der Waals surface area (Å²) in [6.07, 6.45) is 1.67. The van der Waals surface area contributed by atoms with Crippen molar-refractivity contribution >= 4 is 27.8 Å². The minimum atomic E-state index is -0.414. The molecule has 0 spiro atoms. The molecule has 0 saturated heterocycles. The van der Waals surface area contributed by atoms with Crippen LogP contribution in [-0.4, -0.2) is 22.5 Å². The molecule has 2 aromatic carbocycles. The third-order valence-electron chi connectivity index (χ3n) is 4.31. The monoisotopic (exact) mass is 346 g/mol. The number of benzene rings is 2. The lowest BCUT2D eigenvalue weighted by Gasteiger charge is -2.09. The summed E-state index contributed by atoms with van der Waals surface area (Å²) in [6, 6.07) is 15.5. The molecule has 130 valence electrons. The molecule has 0 fully saturated rings. The Morgan fingerprint density at radius 3 is 2.62 bits per heavy atom. The quantitative estimate of drug-likeness (QED) is 0.529. The molecule has 4 aromatic rings. The summed E-state index contributed by atoms with van der Waals surface area (Å²) in [5.41, 5.74) is 2.89. The van der Waals surface area contributed by atoms with Gasteiger partial charge >= 0.3 is 5.97 Å². The van der Waals surface area contributed by atoms with Crippen molar-refractivity contribution in [2.45, 2.75) is 13.8 Å². The lowest BCUT2D eigenvalue weighted by molar-refractivity contribution is 0.0519. The topological polar surface area (TPSA) is 64.2 Å². The van der Waals surface area contributed by atoms with Crippen LogP contribution >= 0.6 is 0 Å². The molecule has 1 N–H and O–H groups in total. The number of aryl methyl sites for hydroxylation is 1. The third kappa shape index (κ3) is 2.67. The van der Waals surface area contributed by atoms with Crippen molar-refractivity contribution in [3.8, 4) is 11.5 Å². The van der Waals surface area contributed by atoms with Crippen LogP contribution in [0, 0.1) is 6.92 Å². The Hall–Kier alpha value is -3.34. The van der Waals surface area contributed by atoms with Crippen molar-refractivity contribution in [2.24, 2.45) is 0 Å². The molecule has 2 heterocycles. The van der Waals surface area contributed by atoms with E-state index in [1.54, 1.807) is 13.1 Å². The number of hydrogen-bond donors (Lipinski definition) is 1. The van der Waals surface area contributed by atoms with E-state index in [1.807, 2.05) is 55.5 Å². The molecule has 0 atom stereocenters. The van der Waals surface area contributed by atoms with Gasteiger partial charge in [-0.25, -0.2) is 9.78 Å². The van der Waals surface area contributed by atoms with Crippen molar-refractivity contribution in [1.29, 1.82) is 0 Å². The Kier molecular flexibility index (Phi) is 4.05. The lowest BCUT2D eigenvalue weighted by Crippen LogP contribution is -2.09. The highest BCUT2D eigenvalue weighted by Gasteiger charge is 2.19. The number of carbonyl (C=O) groups is 1. The molecule has 0 bridgehead atoms. The largest absolute Gasteiger partial charge is 0.461 e. The van der Waals surface area contributed by atoms with Gasteiger partial charge in [0.05, 0.1) is 29.2 Å². The van der Waals surface area contributed by atoms with Gasteiger partial charge in [-0.05, 0) is 43.7 Å². The predicted molar refractivity (Wildman–Crippen MR) is 101 cm³/mol. The minimum Gasteiger partial charge on any atom is -0.461 e. The lowest BCUT2D eigenvalue weighted by atomic mass is 10.1. The second kappa shape index (κ2) is 6.52. The maximum absolute atomic E-state index is 12.2. The fourth-order valence-electron chi connectivity index (χ4n) is 3.17. The summed E-state index contributed by atoms with van der Waals surface area (Å²) in [5.74, 6) is 1.07. The minimum absolute atomic E-state index is 0.314. The Morgan fingerprint density at radius 1 is 1.04 bits per heavy atom. The zero-order chi connectivity index (χ0) is 18.1. The number of para-hydroxylation sites is 1. The van der Waals surface area contributed by atoms with E-state index in [-0.39, 0.29) is 0 Å². The second-order valence-corrected chi connectivity index (χ2v) is 5.96. The van der Waals surface area contributed by atoms with Crippen LogP contribution in [0.3, 0.4) is 0 Å². The van der Waals surface area contributed by atoms with Crippen LogP contribution in [0.25, 0.3) is 21.8 Å². The van der Waals surface area contributed by atoms with Gasteiger partial charge in [-0.1, -0.05) is 24.3 Å². The average Bonchev–Trinajstić information content (AvgIpc) is 3.03. The molecular formula is C21H18N2O3. The number of aromatic amines is 1. The normalized spacial score (nSPS) is 11.0. The summed E-state index contributed by atoms with van der Waals surface area (Å²) >= 11 is 0. The molecule has 26 heavy (non-hydrogen) atoms. The van der Waals surface area contributed by atoms with Gasteiger partial charge in [0.1, 0.15) is 11.5 Å². The fourth-order valence-corrected chi connectivity index (χ4v) is 3.17. The maximum atomic E-state index is 12.2. The molecule has 2 aromatic heterocycles. The zero-order valence-electron chi connectivity index (χ0n) is 14.6. The highest BCUT2D eigenvalue weighted by Crippen LogP contribution is 2.37. The Labute approximate surface area is 150 Å². The van der Waals surface area contributed by atoms with E-state index in [0.717, 1.165) is 38.9 Å². The van der Waals surface area contributed by atoms with Gasteiger partial charge < -0.3 is 14.5 Å². The van der Waals surface area contributed by atoms with Crippen molar-refractivity contribution in [1.82, 2.24) is 9.97 Å². The molecule has 0 saturated carbocycles. The number of hydrogen-bond acceptors (Lipinski definition) is 4. The van der Waals surface area contributed by atoms with Gasteiger partial charge in [-0.15, -0.1) is 0 Å². The number of nitrogens with one attached hydrogen (secondary N) is 1. The van der Waals surface area contributed by atoms with Crippen LogP contribution in [0.15, 0.2) is 54.7 Å². The van der Waals surface area contributed by atoms with Crippen LogP contribution in [0.5, 0.6) is 11.5 Å². The summed E-state index contributed by atoms with van der Waals surface area (Å²) in [5, 5.41) is 1.85. The smallest absolute Gasteiger partial charge is 0.357 e. The molecule has 0 radical (unpaired) electrons. The van der Waals surface area contributed by atoms with Gasteiger partial charge in [0.15, 0.2) is 5.69 Å².